The average molecular weight is 307 g/mol. The smallest absolute Gasteiger partial charge is 0.257 e. The molecule has 0 fully saturated rings. The maximum atomic E-state index is 12.1. The summed E-state index contributed by atoms with van der Waals surface area (Å²) in [5, 5.41) is 11.8. The number of anilines is 2. The Balaban J connectivity index is 2.28. The number of hydrogen-bond acceptors (Lipinski definition) is 4. The van der Waals surface area contributed by atoms with Crippen molar-refractivity contribution in [2.45, 2.75) is 0 Å². The number of nitriles is 1. The fourth-order valence-electron chi connectivity index (χ4n) is 1.51. The first kappa shape index (κ1) is 14.1. The summed E-state index contributed by atoms with van der Waals surface area (Å²) in [6, 6.07) is 7.86. The van der Waals surface area contributed by atoms with Crippen molar-refractivity contribution in [3.63, 3.8) is 0 Å². The molecule has 0 saturated heterocycles. The molecule has 3 N–H and O–H groups in total. The van der Waals surface area contributed by atoms with Gasteiger partial charge in [0.05, 0.1) is 39.8 Å². The highest BCUT2D eigenvalue weighted by atomic mass is 35.5. The van der Waals surface area contributed by atoms with E-state index in [0.717, 1.165) is 0 Å². The summed E-state index contributed by atoms with van der Waals surface area (Å²) in [7, 11) is 0. The molecule has 2 rings (SSSR count). The normalized spacial score (nSPS) is 9.85. The maximum absolute atomic E-state index is 12.1. The summed E-state index contributed by atoms with van der Waals surface area (Å²) in [6.45, 7) is 0. The molecule has 1 heterocycles. The van der Waals surface area contributed by atoms with E-state index in [4.69, 9.17) is 34.2 Å². The zero-order valence-electron chi connectivity index (χ0n) is 10.0. The number of carbonyl (C=O) groups is 1. The summed E-state index contributed by atoms with van der Waals surface area (Å²) in [6.07, 6.45) is 1.30. The SMILES string of the molecule is N#Cc1ccc(NC(=O)c2cc(Cl)ncc2N)c(Cl)c1. The van der Waals surface area contributed by atoms with Gasteiger partial charge in [-0.1, -0.05) is 23.2 Å². The molecule has 0 aliphatic rings. The first-order chi connectivity index (χ1) is 9.51. The third-order valence-electron chi connectivity index (χ3n) is 2.49. The van der Waals surface area contributed by atoms with Gasteiger partial charge in [-0.05, 0) is 24.3 Å². The molecule has 0 aliphatic carbocycles. The molecule has 0 saturated carbocycles. The van der Waals surface area contributed by atoms with Crippen molar-refractivity contribution in [3.8, 4) is 6.07 Å². The van der Waals surface area contributed by atoms with Crippen molar-refractivity contribution in [2.24, 2.45) is 0 Å². The van der Waals surface area contributed by atoms with Crippen molar-refractivity contribution in [2.75, 3.05) is 11.1 Å². The van der Waals surface area contributed by atoms with Crippen LogP contribution in [0.4, 0.5) is 11.4 Å². The fourth-order valence-corrected chi connectivity index (χ4v) is 1.90. The molecule has 7 heteroatoms. The van der Waals surface area contributed by atoms with Crippen LogP contribution in [0, 0.1) is 11.3 Å². The van der Waals surface area contributed by atoms with Crippen LogP contribution in [0.2, 0.25) is 10.2 Å². The van der Waals surface area contributed by atoms with E-state index in [9.17, 15) is 4.79 Å². The molecule has 0 radical (unpaired) electrons. The minimum Gasteiger partial charge on any atom is -0.397 e. The van der Waals surface area contributed by atoms with Crippen LogP contribution in [0.3, 0.4) is 0 Å². The van der Waals surface area contributed by atoms with Gasteiger partial charge in [-0.25, -0.2) is 4.98 Å². The van der Waals surface area contributed by atoms with Crippen LogP contribution in [-0.4, -0.2) is 10.9 Å². The van der Waals surface area contributed by atoms with Crippen LogP contribution in [0.5, 0.6) is 0 Å². The van der Waals surface area contributed by atoms with E-state index in [1.54, 1.807) is 6.07 Å². The van der Waals surface area contributed by atoms with Gasteiger partial charge in [-0.15, -0.1) is 0 Å². The van der Waals surface area contributed by atoms with E-state index >= 15 is 0 Å². The lowest BCUT2D eigenvalue weighted by Gasteiger charge is -2.09. The molecule has 100 valence electrons. The first-order valence-corrected chi connectivity index (χ1v) is 6.19. The molecule has 20 heavy (non-hydrogen) atoms. The van der Waals surface area contributed by atoms with E-state index in [1.165, 1.54) is 24.4 Å². The van der Waals surface area contributed by atoms with Crippen LogP contribution in [0.15, 0.2) is 30.5 Å². The molecule has 0 aliphatic heterocycles. The van der Waals surface area contributed by atoms with Gasteiger partial charge in [0.2, 0.25) is 0 Å². The number of hydrogen-bond donors (Lipinski definition) is 2. The maximum Gasteiger partial charge on any atom is 0.257 e. The van der Waals surface area contributed by atoms with Crippen molar-refractivity contribution >= 4 is 40.5 Å². The summed E-state index contributed by atoms with van der Waals surface area (Å²) < 4.78 is 0. The van der Waals surface area contributed by atoms with E-state index < -0.39 is 5.91 Å². The topological polar surface area (TPSA) is 91.8 Å². The van der Waals surface area contributed by atoms with Crippen LogP contribution in [0.25, 0.3) is 0 Å². The second kappa shape index (κ2) is 5.78. The Morgan fingerprint density at radius 1 is 1.35 bits per heavy atom. The molecular formula is C13H8Cl2N4O. The standard InChI is InChI=1S/C13H8Cl2N4O/c14-9-3-7(5-16)1-2-11(9)19-13(20)8-4-12(15)18-6-10(8)17/h1-4,6H,17H2,(H,19,20). The second-order valence-corrected chi connectivity index (χ2v) is 4.65. The molecule has 0 unspecified atom stereocenters. The number of nitrogen functional groups attached to an aromatic ring is 1. The first-order valence-electron chi connectivity index (χ1n) is 5.43. The third kappa shape index (κ3) is 2.99. The minimum absolute atomic E-state index is 0.162. The Kier molecular flexibility index (Phi) is 4.08. The van der Waals surface area contributed by atoms with Gasteiger partial charge in [0.25, 0.3) is 5.91 Å². The number of aromatic nitrogens is 1. The molecule has 0 bridgehead atoms. The van der Waals surface area contributed by atoms with E-state index in [1.807, 2.05) is 6.07 Å². The van der Waals surface area contributed by atoms with Crippen molar-refractivity contribution in [1.82, 2.24) is 4.98 Å². The molecule has 0 atom stereocenters. The summed E-state index contributed by atoms with van der Waals surface area (Å²) in [5.41, 5.74) is 6.85. The monoisotopic (exact) mass is 306 g/mol. The van der Waals surface area contributed by atoms with Crippen molar-refractivity contribution in [3.05, 3.63) is 51.8 Å². The van der Waals surface area contributed by atoms with E-state index in [0.29, 0.717) is 11.3 Å². The van der Waals surface area contributed by atoms with Crippen LogP contribution < -0.4 is 11.1 Å². The lowest BCUT2D eigenvalue weighted by atomic mass is 10.2. The molecule has 0 spiro atoms. The highest BCUT2D eigenvalue weighted by Crippen LogP contribution is 2.24. The Hall–Kier alpha value is -2.29. The fraction of sp³-hybridized carbons (Fsp3) is 0. The lowest BCUT2D eigenvalue weighted by Crippen LogP contribution is -2.14. The van der Waals surface area contributed by atoms with E-state index in [-0.39, 0.29) is 21.4 Å². The number of rotatable bonds is 2. The number of amides is 1. The Morgan fingerprint density at radius 3 is 2.75 bits per heavy atom. The van der Waals surface area contributed by atoms with Crippen LogP contribution >= 0.6 is 23.2 Å². The zero-order chi connectivity index (χ0) is 14.7. The second-order valence-electron chi connectivity index (χ2n) is 3.85. The number of nitrogens with one attached hydrogen (secondary N) is 1. The van der Waals surface area contributed by atoms with Gasteiger partial charge in [-0.3, -0.25) is 4.79 Å². The van der Waals surface area contributed by atoms with Gasteiger partial charge in [0.1, 0.15) is 5.15 Å². The third-order valence-corrected chi connectivity index (χ3v) is 3.01. The minimum atomic E-state index is -0.460. The number of nitrogens with zero attached hydrogens (tertiary/aromatic N) is 2. The van der Waals surface area contributed by atoms with E-state index in [2.05, 4.69) is 10.3 Å². The van der Waals surface area contributed by atoms with Crippen LogP contribution in [0.1, 0.15) is 15.9 Å². The largest absolute Gasteiger partial charge is 0.397 e. The number of halogens is 2. The predicted molar refractivity (Wildman–Crippen MR) is 77.8 cm³/mol. The highest BCUT2D eigenvalue weighted by molar-refractivity contribution is 6.34. The number of nitrogens with two attached hydrogens (primary N) is 1. The van der Waals surface area contributed by atoms with Gasteiger partial charge in [0, 0.05) is 0 Å². The molecule has 1 aromatic heterocycles. The van der Waals surface area contributed by atoms with Gasteiger partial charge in [-0.2, -0.15) is 5.26 Å². The number of carbonyl (C=O) groups excluding carboxylic acids is 1. The molecule has 1 aromatic carbocycles. The van der Waals surface area contributed by atoms with Crippen molar-refractivity contribution in [1.29, 1.82) is 5.26 Å². The molecule has 2 aromatic rings. The average Bonchev–Trinajstić information content (AvgIpc) is 2.43. The van der Waals surface area contributed by atoms with Crippen molar-refractivity contribution < 1.29 is 4.79 Å². The quantitative estimate of drug-likeness (QED) is 0.834. The summed E-state index contributed by atoms with van der Waals surface area (Å²) >= 11 is 11.7. The molecule has 1 amide bonds. The highest BCUT2D eigenvalue weighted by Gasteiger charge is 2.13. The van der Waals surface area contributed by atoms with Gasteiger partial charge < -0.3 is 11.1 Å². The Labute approximate surface area is 124 Å². The van der Waals surface area contributed by atoms with Crippen LogP contribution in [-0.2, 0) is 0 Å². The van der Waals surface area contributed by atoms with Gasteiger partial charge >= 0.3 is 0 Å². The lowest BCUT2D eigenvalue weighted by molar-refractivity contribution is 0.102. The Bertz CT molecular complexity index is 725. The number of benzene rings is 1. The predicted octanol–water partition coefficient (Wildman–Crippen LogP) is 3.09. The molecular weight excluding hydrogens is 299 g/mol. The summed E-state index contributed by atoms with van der Waals surface area (Å²) in [4.78, 5) is 15.9. The van der Waals surface area contributed by atoms with Gasteiger partial charge in [0.15, 0.2) is 0 Å². The number of pyridine rings is 1. The summed E-state index contributed by atoms with van der Waals surface area (Å²) in [5.74, 6) is -0.460. The Morgan fingerprint density at radius 2 is 2.10 bits per heavy atom. The zero-order valence-corrected chi connectivity index (χ0v) is 11.5. The molecule has 5 nitrogen and oxygen atoms in total.